The zero-order valence-electron chi connectivity index (χ0n) is 19.5. The molecule has 0 aromatic heterocycles. The quantitative estimate of drug-likeness (QED) is 0.595. The van der Waals surface area contributed by atoms with Gasteiger partial charge in [0.05, 0.1) is 6.10 Å². The van der Waals surface area contributed by atoms with Gasteiger partial charge in [-0.15, -0.1) is 0 Å². The summed E-state index contributed by atoms with van der Waals surface area (Å²) in [6, 6.07) is 6.12. The Bertz CT molecular complexity index is 758. The van der Waals surface area contributed by atoms with Crippen molar-refractivity contribution in [3.63, 3.8) is 0 Å². The number of aliphatic hydroxyl groups excluding tert-OH is 1. The van der Waals surface area contributed by atoms with Crippen LogP contribution in [0.25, 0.3) is 0 Å². The van der Waals surface area contributed by atoms with E-state index in [2.05, 4.69) is 47.6 Å². The number of phenolic OH excluding ortho intramolecular Hbond substituents is 1. The topological polar surface area (TPSA) is 40.5 Å². The summed E-state index contributed by atoms with van der Waals surface area (Å²) in [6.45, 7) is 14.4. The van der Waals surface area contributed by atoms with Gasteiger partial charge in [-0.05, 0) is 108 Å². The van der Waals surface area contributed by atoms with Crippen LogP contribution in [0.1, 0.15) is 97.1 Å². The molecule has 6 atom stereocenters. The minimum Gasteiger partial charge on any atom is -0.508 e. The van der Waals surface area contributed by atoms with Gasteiger partial charge >= 0.3 is 0 Å². The summed E-state index contributed by atoms with van der Waals surface area (Å²) in [5.74, 6) is 2.95. The second-order valence-electron chi connectivity index (χ2n) is 12.9. The number of benzene rings is 1. The van der Waals surface area contributed by atoms with Gasteiger partial charge in [-0.25, -0.2) is 0 Å². The van der Waals surface area contributed by atoms with Crippen molar-refractivity contribution in [1.82, 2.24) is 0 Å². The molecule has 0 bridgehead atoms. The van der Waals surface area contributed by atoms with E-state index in [9.17, 15) is 10.2 Å². The van der Waals surface area contributed by atoms with Crippen LogP contribution in [0.2, 0.25) is 0 Å². The van der Waals surface area contributed by atoms with Gasteiger partial charge < -0.3 is 10.2 Å². The molecule has 2 N–H and O–H groups in total. The lowest BCUT2D eigenvalue weighted by molar-refractivity contribution is -0.0455. The van der Waals surface area contributed by atoms with Crippen molar-refractivity contribution >= 4 is 0 Å². The molecule has 2 nitrogen and oxygen atoms in total. The van der Waals surface area contributed by atoms with E-state index in [4.69, 9.17) is 0 Å². The molecule has 29 heavy (non-hydrogen) atoms. The van der Waals surface area contributed by atoms with E-state index in [1.807, 2.05) is 12.1 Å². The summed E-state index contributed by atoms with van der Waals surface area (Å²) in [5, 5.41) is 21.0. The highest BCUT2D eigenvalue weighted by Crippen LogP contribution is 2.63. The fourth-order valence-electron chi connectivity index (χ4n) is 8.16. The van der Waals surface area contributed by atoms with Crippen molar-refractivity contribution in [2.24, 2.45) is 34.0 Å². The van der Waals surface area contributed by atoms with E-state index in [1.165, 1.54) is 36.8 Å². The van der Waals surface area contributed by atoms with E-state index < -0.39 is 0 Å². The molecule has 4 rings (SSSR count). The Hall–Kier alpha value is -1.02. The maximum absolute atomic E-state index is 10.8. The smallest absolute Gasteiger partial charge is 0.115 e. The molecule has 1 aromatic rings. The normalized spacial score (nSPS) is 37.0. The van der Waals surface area contributed by atoms with Crippen LogP contribution >= 0.6 is 0 Å². The number of aliphatic hydroxyl groups is 1. The van der Waals surface area contributed by atoms with Crippen LogP contribution in [-0.2, 0) is 6.42 Å². The third-order valence-electron chi connectivity index (χ3n) is 8.66. The van der Waals surface area contributed by atoms with Gasteiger partial charge in [-0.2, -0.15) is 0 Å². The lowest BCUT2D eigenvalue weighted by Crippen LogP contribution is -2.48. The number of rotatable bonds is 3. The predicted molar refractivity (Wildman–Crippen MR) is 120 cm³/mol. The molecule has 2 fully saturated rings. The highest BCUT2D eigenvalue weighted by atomic mass is 16.3. The van der Waals surface area contributed by atoms with Gasteiger partial charge in [-0.1, -0.05) is 47.6 Å². The summed E-state index contributed by atoms with van der Waals surface area (Å²) in [6.07, 6.45) is 7.90. The summed E-state index contributed by atoms with van der Waals surface area (Å²) in [7, 11) is 0. The van der Waals surface area contributed by atoms with Crippen molar-refractivity contribution in [2.75, 3.05) is 0 Å². The molecule has 162 valence electrons. The van der Waals surface area contributed by atoms with Crippen molar-refractivity contribution in [3.8, 4) is 5.75 Å². The molecule has 0 saturated heterocycles. The predicted octanol–water partition coefficient (Wildman–Crippen LogP) is 6.69. The highest BCUT2D eigenvalue weighted by molar-refractivity contribution is 5.40. The Morgan fingerprint density at radius 2 is 1.79 bits per heavy atom. The molecule has 0 spiro atoms. The molecule has 2 saturated carbocycles. The molecule has 1 aromatic carbocycles. The molecule has 3 aliphatic carbocycles. The van der Waals surface area contributed by atoms with Crippen LogP contribution in [0, 0.1) is 34.0 Å². The van der Waals surface area contributed by atoms with Crippen LogP contribution in [0.3, 0.4) is 0 Å². The van der Waals surface area contributed by atoms with E-state index in [0.717, 1.165) is 19.3 Å². The molecular weight excluding hydrogens is 356 g/mol. The van der Waals surface area contributed by atoms with Gasteiger partial charge in [0.2, 0.25) is 0 Å². The molecule has 0 unspecified atom stereocenters. The van der Waals surface area contributed by atoms with Crippen molar-refractivity contribution < 1.29 is 10.2 Å². The largest absolute Gasteiger partial charge is 0.508 e. The molecule has 2 heteroatoms. The number of hydrogen-bond acceptors (Lipinski definition) is 2. The highest BCUT2D eigenvalue weighted by Gasteiger charge is 2.57. The third-order valence-corrected chi connectivity index (χ3v) is 8.66. The zero-order valence-corrected chi connectivity index (χ0v) is 19.5. The lowest BCUT2D eigenvalue weighted by atomic mass is 9.51. The number of fused-ring (bicyclic) bond motifs is 5. The summed E-state index contributed by atoms with van der Waals surface area (Å²) < 4.78 is 0. The summed E-state index contributed by atoms with van der Waals surface area (Å²) >= 11 is 0. The molecule has 0 heterocycles. The van der Waals surface area contributed by atoms with E-state index in [-0.39, 0.29) is 11.5 Å². The standard InChI is InChI=1S/C27H42O2/c1-25(2,3)16-26(4,5)15-18-13-17-14-19(28)7-8-20(17)21-11-12-27(6)22(24(18)21)9-10-23(27)29/h7-8,14,18,21-24,28-29H,9-13,15-16H2,1-6H3/t18-,21+,22-,23-,24+,27-/m0/s1. The first-order valence-electron chi connectivity index (χ1n) is 11.9. The van der Waals surface area contributed by atoms with Crippen LogP contribution in [-0.4, -0.2) is 16.3 Å². The molecule has 0 radical (unpaired) electrons. The number of phenols is 1. The van der Waals surface area contributed by atoms with Crippen molar-refractivity contribution in [1.29, 1.82) is 0 Å². The van der Waals surface area contributed by atoms with Crippen LogP contribution in [0.4, 0.5) is 0 Å². The zero-order chi connectivity index (χ0) is 21.2. The Morgan fingerprint density at radius 1 is 1.07 bits per heavy atom. The average molecular weight is 399 g/mol. The van der Waals surface area contributed by atoms with E-state index >= 15 is 0 Å². The molecule has 0 amide bonds. The Morgan fingerprint density at radius 3 is 2.48 bits per heavy atom. The minimum absolute atomic E-state index is 0.0992. The third kappa shape index (κ3) is 3.87. The molecular formula is C27H42O2. The molecule has 0 aliphatic heterocycles. The summed E-state index contributed by atoms with van der Waals surface area (Å²) in [5.41, 5.74) is 3.60. The SMILES string of the molecule is CC(C)(C)CC(C)(C)C[C@@H]1Cc2cc(O)ccc2[C@H]2CC[C@]3(C)[C@@H](O)CC[C@H]3[C@H]12. The van der Waals surface area contributed by atoms with Gasteiger partial charge in [-0.3, -0.25) is 0 Å². The first-order valence-corrected chi connectivity index (χ1v) is 11.9. The monoisotopic (exact) mass is 398 g/mol. The number of aromatic hydroxyl groups is 1. The second kappa shape index (κ2) is 7.01. The first kappa shape index (κ1) is 21.2. The van der Waals surface area contributed by atoms with Crippen LogP contribution in [0.15, 0.2) is 18.2 Å². The maximum atomic E-state index is 10.8. The van der Waals surface area contributed by atoms with Gasteiger partial charge in [0, 0.05) is 0 Å². The number of hydrogen-bond donors (Lipinski definition) is 2. The Balaban J connectivity index is 1.71. The first-order chi connectivity index (χ1) is 13.4. The molecule has 3 aliphatic rings. The fourth-order valence-corrected chi connectivity index (χ4v) is 8.16. The van der Waals surface area contributed by atoms with Crippen molar-refractivity contribution in [2.45, 2.75) is 98.5 Å². The summed E-state index contributed by atoms with van der Waals surface area (Å²) in [4.78, 5) is 0. The lowest BCUT2D eigenvalue weighted by Gasteiger charge is -2.54. The van der Waals surface area contributed by atoms with E-state index in [0.29, 0.717) is 40.3 Å². The van der Waals surface area contributed by atoms with Gasteiger partial charge in [0.25, 0.3) is 0 Å². The van der Waals surface area contributed by atoms with Crippen LogP contribution < -0.4 is 0 Å². The van der Waals surface area contributed by atoms with Gasteiger partial charge in [0.1, 0.15) is 5.75 Å². The van der Waals surface area contributed by atoms with Gasteiger partial charge in [0.15, 0.2) is 0 Å². The fraction of sp³-hybridized carbons (Fsp3) is 0.778. The maximum Gasteiger partial charge on any atom is 0.115 e. The second-order valence-corrected chi connectivity index (χ2v) is 12.9. The van der Waals surface area contributed by atoms with Crippen molar-refractivity contribution in [3.05, 3.63) is 29.3 Å². The van der Waals surface area contributed by atoms with Crippen LogP contribution in [0.5, 0.6) is 5.75 Å². The Labute approximate surface area is 178 Å². The minimum atomic E-state index is -0.127. The Kier molecular flexibility index (Phi) is 5.13. The average Bonchev–Trinajstić information content (AvgIpc) is 2.87. The van der Waals surface area contributed by atoms with E-state index in [1.54, 1.807) is 0 Å².